The summed E-state index contributed by atoms with van der Waals surface area (Å²) in [5.74, 6) is -0.729. The smallest absolute Gasteiger partial charge is 0.396 e. The molecule has 0 aliphatic carbocycles. The fourth-order valence-electron chi connectivity index (χ4n) is 13.2. The summed E-state index contributed by atoms with van der Waals surface area (Å²) in [4.78, 5) is 54.2. The molecule has 0 bridgehead atoms. The van der Waals surface area contributed by atoms with Gasteiger partial charge in [-0.3, -0.25) is 27.6 Å². The summed E-state index contributed by atoms with van der Waals surface area (Å²) in [6, 6.07) is 36.4. The van der Waals surface area contributed by atoms with E-state index in [1.807, 2.05) is 38.1 Å². The van der Waals surface area contributed by atoms with Gasteiger partial charge in [0.15, 0.2) is 0 Å². The molecule has 3 aliphatic heterocycles. The van der Waals surface area contributed by atoms with E-state index in [1.165, 1.54) is 5.39 Å². The van der Waals surface area contributed by atoms with Crippen LogP contribution >= 0.6 is 23.5 Å². The van der Waals surface area contributed by atoms with Crippen LogP contribution in [0.2, 0.25) is 0 Å². The first kappa shape index (κ1) is 58.5. The summed E-state index contributed by atoms with van der Waals surface area (Å²) < 4.78 is 77.2. The zero-order chi connectivity index (χ0) is 57.8. The molecule has 11 rings (SSSR count). The van der Waals surface area contributed by atoms with E-state index in [1.54, 1.807) is 37.4 Å². The van der Waals surface area contributed by atoms with Crippen molar-refractivity contribution in [2.45, 2.75) is 127 Å². The number of ether oxygens (including phenoxy) is 1. The van der Waals surface area contributed by atoms with Crippen molar-refractivity contribution in [1.29, 1.82) is 0 Å². The van der Waals surface area contributed by atoms with Crippen LogP contribution < -0.4 is 5.73 Å². The van der Waals surface area contributed by atoms with Crippen molar-refractivity contribution in [2.75, 3.05) is 19.8 Å². The number of benzene rings is 8. The molecule has 8 aromatic carbocycles. The lowest BCUT2D eigenvalue weighted by Crippen LogP contribution is -2.47. The van der Waals surface area contributed by atoms with Crippen LogP contribution in [0.1, 0.15) is 83.8 Å². The highest BCUT2D eigenvalue weighted by molar-refractivity contribution is 7.47. The van der Waals surface area contributed by atoms with Crippen molar-refractivity contribution in [3.63, 3.8) is 0 Å². The summed E-state index contributed by atoms with van der Waals surface area (Å²) in [6.45, 7) is 6.03. The molecule has 9 unspecified atom stereocenters. The molecule has 9 atom stereocenters. The first-order valence-electron chi connectivity index (χ1n) is 28.2. The second-order valence-electron chi connectivity index (χ2n) is 22.4. The molecule has 434 valence electrons. The summed E-state index contributed by atoms with van der Waals surface area (Å²) in [7, 11) is -15.0. The van der Waals surface area contributed by atoms with Crippen LogP contribution in [0.5, 0.6) is 0 Å². The van der Waals surface area contributed by atoms with Gasteiger partial charge in [-0.25, -0.2) is 18.7 Å². The quantitative estimate of drug-likeness (QED) is 0.0217. The molecule has 18 nitrogen and oxygen atoms in total. The van der Waals surface area contributed by atoms with Crippen LogP contribution in [0.4, 0.5) is 0 Å². The Morgan fingerprint density at radius 3 is 1.70 bits per heavy atom. The van der Waals surface area contributed by atoms with Crippen molar-refractivity contribution in [3.8, 4) is 0 Å². The predicted molar refractivity (Wildman–Crippen MR) is 320 cm³/mol. The summed E-state index contributed by atoms with van der Waals surface area (Å²) >= 11 is 0. The van der Waals surface area contributed by atoms with Gasteiger partial charge >= 0.3 is 23.5 Å². The topological polar surface area (TPSA) is 262 Å². The molecule has 0 aromatic heterocycles. The molecule has 0 spiro atoms. The maximum absolute atomic E-state index is 14.5. The lowest BCUT2D eigenvalue weighted by Gasteiger charge is -2.36. The van der Waals surface area contributed by atoms with Gasteiger partial charge in [-0.2, -0.15) is 0 Å². The number of fused-ring (bicyclic) bond motifs is 1. The zero-order valence-corrected chi connectivity index (χ0v) is 49.0. The average Bonchev–Trinajstić information content (AvgIpc) is 2.78. The van der Waals surface area contributed by atoms with E-state index < -0.39 is 84.3 Å². The van der Waals surface area contributed by atoms with Crippen molar-refractivity contribution < 1.29 is 65.7 Å². The van der Waals surface area contributed by atoms with Gasteiger partial charge in [0.1, 0.15) is 30.3 Å². The maximum atomic E-state index is 14.5. The number of aliphatic hydroxyl groups excluding tert-OH is 1. The predicted octanol–water partition coefficient (Wildman–Crippen LogP) is 12.2. The number of nitrogens with two attached hydrogens (primary N) is 1. The molecule has 82 heavy (non-hydrogen) atoms. The van der Waals surface area contributed by atoms with Crippen LogP contribution in [0.3, 0.4) is 0 Å². The van der Waals surface area contributed by atoms with E-state index in [2.05, 4.69) is 94.9 Å². The first-order valence-corrected chi connectivity index (χ1v) is 32.8. The number of rotatable bonds is 26. The number of hydrogen-bond acceptors (Lipinski definition) is 14. The van der Waals surface area contributed by atoms with E-state index >= 15 is 0 Å². The van der Waals surface area contributed by atoms with Crippen molar-refractivity contribution in [3.05, 3.63) is 133 Å². The highest BCUT2D eigenvalue weighted by atomic mass is 31.2. The van der Waals surface area contributed by atoms with E-state index in [9.17, 15) is 38.4 Å². The van der Waals surface area contributed by atoms with Crippen LogP contribution in [-0.2, 0) is 53.9 Å². The normalized spacial score (nSPS) is 22.0. The van der Waals surface area contributed by atoms with Gasteiger partial charge in [-0.1, -0.05) is 137 Å². The minimum absolute atomic E-state index is 0.0385. The average molecular weight is 1180 g/mol. The van der Waals surface area contributed by atoms with E-state index in [-0.39, 0.29) is 56.9 Å². The third kappa shape index (κ3) is 11.9. The third-order valence-corrected chi connectivity index (χ3v) is 20.3. The lowest BCUT2D eigenvalue weighted by molar-refractivity contribution is -0.0677. The second-order valence-corrected chi connectivity index (χ2v) is 26.4. The molecule has 21 heteroatoms. The van der Waals surface area contributed by atoms with E-state index in [4.69, 9.17) is 33.1 Å². The Balaban J connectivity index is 0.824. The zero-order valence-electron chi connectivity index (χ0n) is 46.3. The monoisotopic (exact) mass is 1180 g/mol. The molecule has 0 saturated carbocycles. The molecule has 8 aromatic rings. The number of amidine groups is 1. The van der Waals surface area contributed by atoms with Crippen molar-refractivity contribution in [2.24, 2.45) is 27.6 Å². The number of hydrogen-bond donors (Lipinski definition) is 6. The molecule has 7 N–H and O–H groups in total. The largest absolute Gasteiger partial charge is 0.472 e. The third-order valence-electron chi connectivity index (χ3n) is 17.5. The molecule has 1 saturated heterocycles. The number of nitrogens with zero attached hydrogens (tertiary/aromatic N) is 3. The first-order chi connectivity index (χ1) is 39.3. The van der Waals surface area contributed by atoms with Gasteiger partial charge in [0.05, 0.1) is 36.8 Å². The summed E-state index contributed by atoms with van der Waals surface area (Å²) in [6.07, 6.45) is 3.56. The Bertz CT molecular complexity index is 3830. The second kappa shape index (κ2) is 23.3. The van der Waals surface area contributed by atoms with Crippen LogP contribution in [-0.4, -0.2) is 103 Å². The molecular weight excluding hydrogens is 1110 g/mol. The van der Waals surface area contributed by atoms with E-state index in [0.717, 1.165) is 70.4 Å². The van der Waals surface area contributed by atoms with Crippen LogP contribution in [0.25, 0.3) is 64.6 Å². The maximum Gasteiger partial charge on any atom is 0.472 e. The number of aliphatic imine (C=N–C) groups is 2. The minimum Gasteiger partial charge on any atom is -0.396 e. The van der Waals surface area contributed by atoms with Gasteiger partial charge in [0, 0.05) is 19.2 Å². The highest BCUT2D eigenvalue weighted by Gasteiger charge is 2.49. The number of aliphatic hydroxyl groups is 1. The fourth-order valence-corrected chi connectivity index (χ4v) is 16.2. The fraction of sp³-hybridized carbons (Fsp3) is 0.410. The van der Waals surface area contributed by atoms with Crippen molar-refractivity contribution in [1.82, 2.24) is 4.90 Å². The molecule has 1 fully saturated rings. The van der Waals surface area contributed by atoms with Gasteiger partial charge in [-0.15, -0.1) is 0 Å². The lowest BCUT2D eigenvalue weighted by atomic mass is 9.82. The van der Waals surface area contributed by atoms with Crippen LogP contribution in [0, 0.1) is 11.8 Å². The van der Waals surface area contributed by atoms with E-state index in [0.29, 0.717) is 19.3 Å². The van der Waals surface area contributed by atoms with Gasteiger partial charge in [0.25, 0.3) is 0 Å². The standard InChI is InChI=1S/C61H71N4O14P3/c1-5-60(6-2,78-80(67,68)69)33-39(30-47-22-20-45-18-16-41-12-10-14-43-24-26-49(47)57(45)55(41)43)35-74-81(70,71)77-51-31-53(65-37-64-58-50(65)27-28-63-59(58)62)76-52(51)36-75-82(72,73)79-61(7-3,8-4)32-38(34-66)29-46-21-19-44-17-15-40-11-9-13-42-23-25-48(46)56(44)54(40)42/h9-28,37-39,50-53,58,66H,5-8,29-36H2,1-4H3,(H2,62,63)(H,70,71)(H,72,73)(H2,67,68,69). The Hall–Kier alpha value is -5.23. The van der Waals surface area contributed by atoms with Crippen molar-refractivity contribution >= 4 is 100 Å². The minimum atomic E-state index is -5.06. The molecule has 3 aliphatic rings. The highest BCUT2D eigenvalue weighted by Crippen LogP contribution is 2.54. The van der Waals surface area contributed by atoms with Gasteiger partial charge < -0.3 is 40.1 Å². The SMILES string of the molecule is CCC(CC)(CC(COP(=O)(O)OC1CC(N2C=NC3C(N)=NC=CC32)OC1COP(=O)(O)OC(CC)(CC)CC(CO)Cc1ccc2ccc3cccc4ccc1c2c34)Cc1ccc2ccc3cccc4ccc1c2c34)OP(=O)(O)O. The van der Waals surface area contributed by atoms with Gasteiger partial charge in [0.2, 0.25) is 0 Å². The Morgan fingerprint density at radius 1 is 0.659 bits per heavy atom. The number of phosphoric acid groups is 3. The molecular formula is C61H71N4O14P3. The summed E-state index contributed by atoms with van der Waals surface area (Å²) in [5, 5.41) is 24.0. The van der Waals surface area contributed by atoms with Gasteiger partial charge in [-0.05, 0) is 145 Å². The molecule has 0 amide bonds. The molecule has 3 heterocycles. The summed E-state index contributed by atoms with van der Waals surface area (Å²) in [5.41, 5.74) is 5.61. The molecule has 0 radical (unpaired) electrons. The Labute approximate surface area is 476 Å². The Kier molecular flexibility index (Phi) is 16.6. The van der Waals surface area contributed by atoms with Crippen LogP contribution in [0.15, 0.2) is 131 Å². The number of phosphoric ester groups is 3. The Morgan fingerprint density at radius 2 is 1.16 bits per heavy atom.